The summed E-state index contributed by atoms with van der Waals surface area (Å²) in [4.78, 5) is 25.2. The lowest BCUT2D eigenvalue weighted by molar-refractivity contribution is -0.139. The molecule has 3 heteroatoms. The Labute approximate surface area is 89.8 Å². The molecular weight excluding hydrogens is 190 g/mol. The molecule has 0 aromatic heterocycles. The Kier molecular flexibility index (Phi) is 1.77. The van der Waals surface area contributed by atoms with Crippen LogP contribution in [-0.4, -0.2) is 23.8 Å². The van der Waals surface area contributed by atoms with Crippen molar-refractivity contribution in [1.82, 2.24) is 4.90 Å². The molecule has 3 aliphatic rings. The van der Waals surface area contributed by atoms with E-state index in [9.17, 15) is 9.59 Å². The summed E-state index contributed by atoms with van der Waals surface area (Å²) in [5.41, 5.74) is 0. The highest BCUT2D eigenvalue weighted by atomic mass is 16.2. The van der Waals surface area contributed by atoms with E-state index in [0.29, 0.717) is 17.8 Å². The molecule has 2 bridgehead atoms. The Hall–Kier alpha value is -0.860. The number of hydrogen-bond donors (Lipinski definition) is 0. The highest BCUT2D eigenvalue weighted by Gasteiger charge is 2.62. The molecule has 3 fully saturated rings. The van der Waals surface area contributed by atoms with Crippen LogP contribution in [0.3, 0.4) is 0 Å². The second-order valence-corrected chi connectivity index (χ2v) is 5.35. The van der Waals surface area contributed by atoms with E-state index in [1.54, 1.807) is 7.05 Å². The van der Waals surface area contributed by atoms with Gasteiger partial charge < -0.3 is 0 Å². The van der Waals surface area contributed by atoms with Gasteiger partial charge in [0.1, 0.15) is 0 Å². The predicted octanol–water partition coefficient (Wildman–Crippen LogP) is 1.28. The zero-order valence-corrected chi connectivity index (χ0v) is 9.27. The maximum absolute atomic E-state index is 12.0. The summed E-state index contributed by atoms with van der Waals surface area (Å²) >= 11 is 0. The Morgan fingerprint density at radius 1 is 1.20 bits per heavy atom. The van der Waals surface area contributed by atoms with Gasteiger partial charge >= 0.3 is 0 Å². The lowest BCUT2D eigenvalue weighted by Crippen LogP contribution is -2.30. The first-order valence-electron chi connectivity index (χ1n) is 5.96. The molecule has 2 saturated carbocycles. The van der Waals surface area contributed by atoms with Crippen molar-refractivity contribution < 1.29 is 9.59 Å². The fourth-order valence-corrected chi connectivity index (χ4v) is 4.21. The minimum absolute atomic E-state index is 0.0474. The van der Waals surface area contributed by atoms with E-state index < -0.39 is 0 Å². The molecule has 1 saturated heterocycles. The summed E-state index contributed by atoms with van der Waals surface area (Å²) < 4.78 is 0. The number of nitrogens with zero attached hydrogens (tertiary/aromatic N) is 1. The van der Waals surface area contributed by atoms with Crippen LogP contribution in [0, 0.1) is 29.6 Å². The van der Waals surface area contributed by atoms with Gasteiger partial charge in [0.2, 0.25) is 11.8 Å². The summed E-state index contributed by atoms with van der Waals surface area (Å²) in [5, 5.41) is 0. The van der Waals surface area contributed by atoms with Crippen molar-refractivity contribution >= 4 is 11.8 Å². The van der Waals surface area contributed by atoms with Crippen LogP contribution in [0.15, 0.2) is 0 Å². The summed E-state index contributed by atoms with van der Waals surface area (Å²) in [6.07, 6.45) is 3.46. The van der Waals surface area contributed by atoms with Gasteiger partial charge in [-0.25, -0.2) is 0 Å². The van der Waals surface area contributed by atoms with Gasteiger partial charge in [-0.3, -0.25) is 14.5 Å². The quantitative estimate of drug-likeness (QED) is 0.607. The van der Waals surface area contributed by atoms with Crippen LogP contribution in [0.1, 0.15) is 26.2 Å². The van der Waals surface area contributed by atoms with Crippen LogP contribution >= 0.6 is 0 Å². The second-order valence-electron chi connectivity index (χ2n) is 5.35. The van der Waals surface area contributed by atoms with E-state index >= 15 is 0 Å². The molecular formula is C12H17NO2. The standard InChI is InChI=1S/C12H17NO2/c1-3-6-4-7-5-8(6)10-9(7)11(14)13(2)12(10)15/h6-10H,3-5H2,1-2H3. The molecule has 2 aliphatic carbocycles. The summed E-state index contributed by atoms with van der Waals surface area (Å²) in [7, 11) is 1.64. The van der Waals surface area contributed by atoms with Crippen molar-refractivity contribution in [2.45, 2.75) is 26.2 Å². The van der Waals surface area contributed by atoms with Crippen LogP contribution in [0.2, 0.25) is 0 Å². The van der Waals surface area contributed by atoms with Crippen LogP contribution in [0.5, 0.6) is 0 Å². The molecule has 1 aliphatic heterocycles. The number of fused-ring (bicyclic) bond motifs is 5. The van der Waals surface area contributed by atoms with E-state index in [1.165, 1.54) is 11.3 Å². The number of amides is 2. The van der Waals surface area contributed by atoms with Crippen LogP contribution < -0.4 is 0 Å². The number of carbonyl (C=O) groups excluding carboxylic acids is 2. The number of imide groups is 1. The molecule has 1 heterocycles. The maximum Gasteiger partial charge on any atom is 0.233 e. The monoisotopic (exact) mass is 207 g/mol. The lowest BCUT2D eigenvalue weighted by atomic mass is 9.74. The molecule has 0 aromatic rings. The highest BCUT2D eigenvalue weighted by molar-refractivity contribution is 6.05. The van der Waals surface area contributed by atoms with E-state index in [4.69, 9.17) is 0 Å². The molecule has 3 nitrogen and oxygen atoms in total. The molecule has 0 radical (unpaired) electrons. The third-order valence-electron chi connectivity index (χ3n) is 4.90. The molecule has 0 N–H and O–H groups in total. The first-order chi connectivity index (χ1) is 7.15. The zero-order chi connectivity index (χ0) is 10.7. The second kappa shape index (κ2) is 2.83. The fraction of sp³-hybridized carbons (Fsp3) is 0.833. The molecule has 3 rings (SSSR count). The topological polar surface area (TPSA) is 37.4 Å². The number of carbonyl (C=O) groups is 2. The van der Waals surface area contributed by atoms with E-state index in [0.717, 1.165) is 12.8 Å². The van der Waals surface area contributed by atoms with Gasteiger partial charge in [-0.15, -0.1) is 0 Å². The van der Waals surface area contributed by atoms with Crippen molar-refractivity contribution in [3.8, 4) is 0 Å². The first kappa shape index (κ1) is 9.37. The lowest BCUT2D eigenvalue weighted by Gasteiger charge is -2.27. The van der Waals surface area contributed by atoms with Crippen LogP contribution in [0.4, 0.5) is 0 Å². The number of rotatable bonds is 1. The predicted molar refractivity (Wildman–Crippen MR) is 54.8 cm³/mol. The fourth-order valence-electron chi connectivity index (χ4n) is 4.21. The minimum atomic E-state index is 0.0474. The molecule has 0 aromatic carbocycles. The molecule has 2 amide bonds. The van der Waals surface area contributed by atoms with Crippen molar-refractivity contribution in [2.75, 3.05) is 7.05 Å². The Bertz CT molecular complexity index is 339. The van der Waals surface area contributed by atoms with E-state index in [1.807, 2.05) is 0 Å². The van der Waals surface area contributed by atoms with E-state index in [-0.39, 0.29) is 23.7 Å². The van der Waals surface area contributed by atoms with E-state index in [2.05, 4.69) is 6.92 Å². The van der Waals surface area contributed by atoms with Crippen LogP contribution in [0.25, 0.3) is 0 Å². The molecule has 5 atom stereocenters. The maximum atomic E-state index is 12.0. The summed E-state index contributed by atoms with van der Waals surface area (Å²) in [6.45, 7) is 2.20. The SMILES string of the molecule is CCC1CC2CC1C1C(=O)N(C)C(=O)C21. The van der Waals surface area contributed by atoms with Gasteiger partial charge in [-0.1, -0.05) is 13.3 Å². The number of hydrogen-bond acceptors (Lipinski definition) is 2. The summed E-state index contributed by atoms with van der Waals surface area (Å²) in [5.74, 6) is 1.99. The van der Waals surface area contributed by atoms with Gasteiger partial charge in [-0.2, -0.15) is 0 Å². The largest absolute Gasteiger partial charge is 0.285 e. The Morgan fingerprint density at radius 3 is 2.53 bits per heavy atom. The van der Waals surface area contributed by atoms with Gasteiger partial charge in [-0.05, 0) is 30.6 Å². The smallest absolute Gasteiger partial charge is 0.233 e. The third-order valence-corrected chi connectivity index (χ3v) is 4.90. The van der Waals surface area contributed by atoms with Gasteiger partial charge in [0.25, 0.3) is 0 Å². The van der Waals surface area contributed by atoms with Crippen molar-refractivity contribution in [3.05, 3.63) is 0 Å². The van der Waals surface area contributed by atoms with Crippen molar-refractivity contribution in [2.24, 2.45) is 29.6 Å². The zero-order valence-electron chi connectivity index (χ0n) is 9.27. The third kappa shape index (κ3) is 0.963. The van der Waals surface area contributed by atoms with Gasteiger partial charge in [0, 0.05) is 7.05 Å². The van der Waals surface area contributed by atoms with Crippen LogP contribution in [-0.2, 0) is 9.59 Å². The summed E-state index contributed by atoms with van der Waals surface area (Å²) in [6, 6.07) is 0. The normalized spacial score (nSPS) is 47.9. The Morgan fingerprint density at radius 2 is 1.87 bits per heavy atom. The minimum Gasteiger partial charge on any atom is -0.285 e. The van der Waals surface area contributed by atoms with Gasteiger partial charge in [0.15, 0.2) is 0 Å². The average molecular weight is 207 g/mol. The average Bonchev–Trinajstić information content (AvgIpc) is 2.86. The first-order valence-corrected chi connectivity index (χ1v) is 5.96. The molecule has 15 heavy (non-hydrogen) atoms. The van der Waals surface area contributed by atoms with Crippen molar-refractivity contribution in [3.63, 3.8) is 0 Å². The highest BCUT2D eigenvalue weighted by Crippen LogP contribution is 2.59. The Balaban J connectivity index is 1.96. The molecule has 0 spiro atoms. The molecule has 5 unspecified atom stereocenters. The van der Waals surface area contributed by atoms with Crippen molar-refractivity contribution in [1.29, 1.82) is 0 Å². The molecule has 82 valence electrons. The number of likely N-dealkylation sites (tertiary alicyclic amines) is 1. The van der Waals surface area contributed by atoms with Gasteiger partial charge in [0.05, 0.1) is 11.8 Å².